The first-order chi connectivity index (χ1) is 11.0. The van der Waals surface area contributed by atoms with Gasteiger partial charge in [0.05, 0.1) is 0 Å². The quantitative estimate of drug-likeness (QED) is 0.905. The molecule has 0 saturated carbocycles. The monoisotopic (exact) mass is 321 g/mol. The number of piperazine rings is 1. The van der Waals surface area contributed by atoms with Crippen molar-refractivity contribution in [1.29, 1.82) is 0 Å². The molecule has 1 heterocycles. The second kappa shape index (κ2) is 7.94. The van der Waals surface area contributed by atoms with Gasteiger partial charge < -0.3 is 15.1 Å². The minimum atomic E-state index is -0.402. The molecular formula is C17H24FN3O2. The number of nitrogens with zero attached hydrogens (tertiary/aromatic N) is 2. The number of carbonyl (C=O) groups is 2. The van der Waals surface area contributed by atoms with Gasteiger partial charge in [0, 0.05) is 26.7 Å². The summed E-state index contributed by atoms with van der Waals surface area (Å²) in [6.45, 7) is 3.36. The summed E-state index contributed by atoms with van der Waals surface area (Å²) in [6.07, 6.45) is 2.55. The van der Waals surface area contributed by atoms with E-state index in [0.29, 0.717) is 25.1 Å². The lowest BCUT2D eigenvalue weighted by atomic mass is 10.0. The van der Waals surface area contributed by atoms with Gasteiger partial charge in [0.2, 0.25) is 5.91 Å². The van der Waals surface area contributed by atoms with Crippen LogP contribution in [0.1, 0.15) is 31.7 Å². The number of likely N-dealkylation sites (N-methyl/N-ethyl adjacent to an activating group) is 1. The Hall–Kier alpha value is -2.11. The molecule has 126 valence electrons. The molecule has 1 N–H and O–H groups in total. The van der Waals surface area contributed by atoms with E-state index in [-0.39, 0.29) is 24.3 Å². The number of nitrogens with one attached hydrogen (secondary N) is 1. The Morgan fingerprint density at radius 1 is 1.39 bits per heavy atom. The highest BCUT2D eigenvalue weighted by Gasteiger charge is 2.35. The van der Waals surface area contributed by atoms with Gasteiger partial charge in [-0.05, 0) is 24.1 Å². The zero-order chi connectivity index (χ0) is 16.8. The molecule has 1 aliphatic rings. The number of urea groups is 1. The van der Waals surface area contributed by atoms with E-state index in [1.807, 2.05) is 0 Å². The molecule has 0 bridgehead atoms. The topological polar surface area (TPSA) is 52.7 Å². The molecule has 6 heteroatoms. The predicted octanol–water partition coefficient (Wildman–Crippen LogP) is 2.37. The molecule has 23 heavy (non-hydrogen) atoms. The third-order valence-corrected chi connectivity index (χ3v) is 4.14. The van der Waals surface area contributed by atoms with Crippen LogP contribution in [0.3, 0.4) is 0 Å². The highest BCUT2D eigenvalue weighted by molar-refractivity contribution is 5.88. The van der Waals surface area contributed by atoms with Crippen LogP contribution in [0.25, 0.3) is 0 Å². The number of benzene rings is 1. The lowest BCUT2D eigenvalue weighted by Crippen LogP contribution is -2.59. The van der Waals surface area contributed by atoms with Crippen molar-refractivity contribution in [3.05, 3.63) is 35.6 Å². The molecular weight excluding hydrogens is 297 g/mol. The summed E-state index contributed by atoms with van der Waals surface area (Å²) < 4.78 is 13.2. The summed E-state index contributed by atoms with van der Waals surface area (Å²) in [7, 11) is 1.77. The second-order valence-electron chi connectivity index (χ2n) is 5.90. The van der Waals surface area contributed by atoms with E-state index in [1.54, 1.807) is 29.0 Å². The standard InChI is InChI=1S/C17H24FN3O2/c1-3-4-8-15-16(22)20(2)9-10-21(15)17(23)19-12-13-6-5-7-14(18)11-13/h5-7,11,15H,3-4,8-10,12H2,1-2H3,(H,19,23). The van der Waals surface area contributed by atoms with Crippen molar-refractivity contribution in [2.75, 3.05) is 20.1 Å². The van der Waals surface area contributed by atoms with Crippen LogP contribution < -0.4 is 5.32 Å². The Kier molecular flexibility index (Phi) is 5.96. The number of unbranched alkanes of at least 4 members (excludes halogenated alkanes) is 1. The van der Waals surface area contributed by atoms with Gasteiger partial charge in [0.15, 0.2) is 0 Å². The highest BCUT2D eigenvalue weighted by atomic mass is 19.1. The van der Waals surface area contributed by atoms with Crippen molar-refractivity contribution >= 4 is 11.9 Å². The van der Waals surface area contributed by atoms with E-state index in [9.17, 15) is 14.0 Å². The van der Waals surface area contributed by atoms with E-state index < -0.39 is 6.04 Å². The first kappa shape index (κ1) is 17.2. The Labute approximate surface area is 136 Å². The van der Waals surface area contributed by atoms with Crippen molar-refractivity contribution < 1.29 is 14.0 Å². The van der Waals surface area contributed by atoms with E-state index >= 15 is 0 Å². The van der Waals surface area contributed by atoms with E-state index in [1.165, 1.54) is 12.1 Å². The highest BCUT2D eigenvalue weighted by Crippen LogP contribution is 2.16. The summed E-state index contributed by atoms with van der Waals surface area (Å²) >= 11 is 0. The van der Waals surface area contributed by atoms with Gasteiger partial charge in [-0.15, -0.1) is 0 Å². The number of hydrogen-bond donors (Lipinski definition) is 1. The Bertz CT molecular complexity index is 565. The molecule has 0 radical (unpaired) electrons. The Balaban J connectivity index is 1.99. The van der Waals surface area contributed by atoms with Crippen molar-refractivity contribution in [3.63, 3.8) is 0 Å². The zero-order valence-electron chi connectivity index (χ0n) is 13.7. The second-order valence-corrected chi connectivity index (χ2v) is 5.90. The van der Waals surface area contributed by atoms with Crippen LogP contribution in [0.5, 0.6) is 0 Å². The van der Waals surface area contributed by atoms with Crippen LogP contribution in [0, 0.1) is 5.82 Å². The van der Waals surface area contributed by atoms with Crippen molar-refractivity contribution in [2.45, 2.75) is 38.8 Å². The van der Waals surface area contributed by atoms with Gasteiger partial charge in [-0.2, -0.15) is 0 Å². The fourth-order valence-electron chi connectivity index (χ4n) is 2.76. The molecule has 0 aliphatic carbocycles. The smallest absolute Gasteiger partial charge is 0.318 e. The maximum atomic E-state index is 13.2. The number of carbonyl (C=O) groups excluding carboxylic acids is 2. The van der Waals surface area contributed by atoms with Crippen LogP contribution >= 0.6 is 0 Å². The molecule has 1 aliphatic heterocycles. The van der Waals surface area contributed by atoms with Gasteiger partial charge in [-0.25, -0.2) is 9.18 Å². The van der Waals surface area contributed by atoms with Gasteiger partial charge in [0.1, 0.15) is 11.9 Å². The molecule has 0 spiro atoms. The first-order valence-corrected chi connectivity index (χ1v) is 8.06. The molecule has 5 nitrogen and oxygen atoms in total. The number of halogens is 1. The summed E-state index contributed by atoms with van der Waals surface area (Å²) in [6, 6.07) is 5.46. The van der Waals surface area contributed by atoms with Crippen molar-refractivity contribution in [3.8, 4) is 0 Å². The SMILES string of the molecule is CCCCC1C(=O)N(C)CCN1C(=O)NCc1cccc(F)c1. The van der Waals surface area contributed by atoms with E-state index in [0.717, 1.165) is 12.8 Å². The maximum absolute atomic E-state index is 13.2. The molecule has 1 aromatic rings. The fraction of sp³-hybridized carbons (Fsp3) is 0.529. The summed E-state index contributed by atoms with van der Waals surface area (Å²) in [5, 5.41) is 2.79. The van der Waals surface area contributed by atoms with E-state index in [4.69, 9.17) is 0 Å². The first-order valence-electron chi connectivity index (χ1n) is 8.06. The number of rotatable bonds is 5. The van der Waals surface area contributed by atoms with Gasteiger partial charge in [-0.3, -0.25) is 4.79 Å². The minimum Gasteiger partial charge on any atom is -0.342 e. The summed E-state index contributed by atoms with van der Waals surface area (Å²) in [4.78, 5) is 28.0. The van der Waals surface area contributed by atoms with Crippen LogP contribution in [-0.2, 0) is 11.3 Å². The zero-order valence-corrected chi connectivity index (χ0v) is 13.7. The summed E-state index contributed by atoms with van der Waals surface area (Å²) in [5.74, 6) is -0.335. The Morgan fingerprint density at radius 3 is 2.87 bits per heavy atom. The maximum Gasteiger partial charge on any atom is 0.318 e. The molecule has 1 aromatic carbocycles. The molecule has 1 unspecified atom stereocenters. The number of hydrogen-bond acceptors (Lipinski definition) is 2. The van der Waals surface area contributed by atoms with Crippen molar-refractivity contribution in [1.82, 2.24) is 15.1 Å². The van der Waals surface area contributed by atoms with Gasteiger partial charge >= 0.3 is 6.03 Å². The average molecular weight is 321 g/mol. The minimum absolute atomic E-state index is 0.00870. The number of amides is 3. The van der Waals surface area contributed by atoms with Crippen LogP contribution in [0.2, 0.25) is 0 Å². The van der Waals surface area contributed by atoms with Gasteiger partial charge in [0.25, 0.3) is 0 Å². The summed E-state index contributed by atoms with van der Waals surface area (Å²) in [5.41, 5.74) is 0.698. The lowest BCUT2D eigenvalue weighted by Gasteiger charge is -2.39. The van der Waals surface area contributed by atoms with Crippen LogP contribution in [0.4, 0.5) is 9.18 Å². The van der Waals surface area contributed by atoms with Crippen molar-refractivity contribution in [2.24, 2.45) is 0 Å². The van der Waals surface area contributed by atoms with Crippen LogP contribution in [-0.4, -0.2) is 47.9 Å². The molecule has 1 saturated heterocycles. The normalized spacial score (nSPS) is 18.2. The molecule has 0 aromatic heterocycles. The third kappa shape index (κ3) is 4.43. The van der Waals surface area contributed by atoms with Gasteiger partial charge in [-0.1, -0.05) is 31.9 Å². The van der Waals surface area contributed by atoms with Crippen LogP contribution in [0.15, 0.2) is 24.3 Å². The molecule has 1 atom stereocenters. The fourth-order valence-corrected chi connectivity index (χ4v) is 2.76. The molecule has 3 amide bonds. The largest absolute Gasteiger partial charge is 0.342 e. The lowest BCUT2D eigenvalue weighted by molar-refractivity contribution is -0.138. The third-order valence-electron chi connectivity index (χ3n) is 4.14. The molecule has 1 fully saturated rings. The average Bonchev–Trinajstić information content (AvgIpc) is 2.54. The molecule has 2 rings (SSSR count). The van der Waals surface area contributed by atoms with E-state index in [2.05, 4.69) is 12.2 Å². The predicted molar refractivity (Wildman–Crippen MR) is 86.3 cm³/mol. The Morgan fingerprint density at radius 2 is 2.17 bits per heavy atom.